The zero-order valence-corrected chi connectivity index (χ0v) is 20.0. The standard InChI is InChI=1S/C24H23Cl2N3O2S/c1-2-11-29(24-27-21(15-32-24)19-10-9-18(25)13-20(19)26)23(31)17-7-5-16(6-8-17)14-28-12-3-4-22(28)30/h5-10,13,15H,2-4,11-12,14H2,1H3. The molecule has 3 aromatic rings. The van der Waals surface area contributed by atoms with Gasteiger partial charge in [0.2, 0.25) is 5.91 Å². The fourth-order valence-electron chi connectivity index (χ4n) is 3.72. The first-order valence-corrected chi connectivity index (χ1v) is 12.2. The normalized spacial score (nSPS) is 13.6. The second kappa shape index (κ2) is 10.0. The molecule has 1 aliphatic heterocycles. The van der Waals surface area contributed by atoms with E-state index in [4.69, 9.17) is 23.2 Å². The summed E-state index contributed by atoms with van der Waals surface area (Å²) in [5, 5.41) is 3.62. The van der Waals surface area contributed by atoms with Crippen LogP contribution in [0.15, 0.2) is 47.8 Å². The van der Waals surface area contributed by atoms with E-state index >= 15 is 0 Å². The van der Waals surface area contributed by atoms with Crippen LogP contribution in [0.1, 0.15) is 42.1 Å². The number of aromatic nitrogens is 1. The van der Waals surface area contributed by atoms with Gasteiger partial charge in [-0.25, -0.2) is 4.98 Å². The first-order valence-electron chi connectivity index (χ1n) is 10.6. The van der Waals surface area contributed by atoms with Crippen molar-refractivity contribution in [3.8, 4) is 11.3 Å². The molecule has 8 heteroatoms. The van der Waals surface area contributed by atoms with Crippen LogP contribution in [0.4, 0.5) is 5.13 Å². The lowest BCUT2D eigenvalue weighted by Gasteiger charge is -2.20. The third-order valence-electron chi connectivity index (χ3n) is 5.37. The Bertz CT molecular complexity index is 1130. The summed E-state index contributed by atoms with van der Waals surface area (Å²) < 4.78 is 0. The lowest BCUT2D eigenvalue weighted by molar-refractivity contribution is -0.128. The molecule has 1 aliphatic rings. The number of benzene rings is 2. The van der Waals surface area contributed by atoms with E-state index in [0.717, 1.165) is 30.5 Å². The van der Waals surface area contributed by atoms with Gasteiger partial charge < -0.3 is 4.90 Å². The number of amides is 2. The number of hydrogen-bond donors (Lipinski definition) is 0. The van der Waals surface area contributed by atoms with E-state index in [-0.39, 0.29) is 11.8 Å². The quantitative estimate of drug-likeness (QED) is 0.393. The average molecular weight is 488 g/mol. The summed E-state index contributed by atoms with van der Waals surface area (Å²) in [7, 11) is 0. The number of nitrogens with zero attached hydrogens (tertiary/aromatic N) is 3. The van der Waals surface area contributed by atoms with Crippen LogP contribution >= 0.6 is 34.5 Å². The Morgan fingerprint density at radius 1 is 1.19 bits per heavy atom. The largest absolute Gasteiger partial charge is 0.338 e. The molecule has 0 unspecified atom stereocenters. The van der Waals surface area contributed by atoms with Crippen molar-refractivity contribution in [2.24, 2.45) is 0 Å². The van der Waals surface area contributed by atoms with Gasteiger partial charge in [-0.15, -0.1) is 11.3 Å². The number of anilines is 1. The summed E-state index contributed by atoms with van der Waals surface area (Å²) in [5.41, 5.74) is 3.11. The molecule has 2 heterocycles. The predicted molar refractivity (Wildman–Crippen MR) is 131 cm³/mol. The van der Waals surface area contributed by atoms with Crippen molar-refractivity contribution in [2.75, 3.05) is 18.0 Å². The van der Waals surface area contributed by atoms with Crippen LogP contribution in [0.3, 0.4) is 0 Å². The van der Waals surface area contributed by atoms with E-state index < -0.39 is 0 Å². The molecule has 32 heavy (non-hydrogen) atoms. The van der Waals surface area contributed by atoms with Crippen molar-refractivity contribution >= 4 is 51.5 Å². The number of rotatable bonds is 7. The minimum atomic E-state index is -0.0984. The number of thiazole rings is 1. The van der Waals surface area contributed by atoms with Gasteiger partial charge in [0.1, 0.15) is 0 Å². The van der Waals surface area contributed by atoms with Crippen LogP contribution in [-0.2, 0) is 11.3 Å². The zero-order chi connectivity index (χ0) is 22.7. The van der Waals surface area contributed by atoms with Gasteiger partial charge in [-0.05, 0) is 48.7 Å². The zero-order valence-electron chi connectivity index (χ0n) is 17.7. The maximum atomic E-state index is 13.3. The average Bonchev–Trinajstić information content (AvgIpc) is 3.41. The minimum Gasteiger partial charge on any atom is -0.338 e. The van der Waals surface area contributed by atoms with Gasteiger partial charge in [0.15, 0.2) is 5.13 Å². The third-order valence-corrected chi connectivity index (χ3v) is 6.78. The highest BCUT2D eigenvalue weighted by atomic mass is 35.5. The molecule has 1 saturated heterocycles. The Labute approximate surface area is 201 Å². The number of carbonyl (C=O) groups is 2. The number of halogens is 2. The summed E-state index contributed by atoms with van der Waals surface area (Å²) in [5.74, 6) is 0.0957. The van der Waals surface area contributed by atoms with Crippen molar-refractivity contribution in [3.05, 3.63) is 69.0 Å². The van der Waals surface area contributed by atoms with Crippen LogP contribution in [0.5, 0.6) is 0 Å². The van der Waals surface area contributed by atoms with Gasteiger partial charge in [0.25, 0.3) is 5.91 Å². The van der Waals surface area contributed by atoms with Crippen molar-refractivity contribution in [3.63, 3.8) is 0 Å². The molecule has 0 atom stereocenters. The van der Waals surface area contributed by atoms with Gasteiger partial charge >= 0.3 is 0 Å². The van der Waals surface area contributed by atoms with Crippen LogP contribution in [-0.4, -0.2) is 34.8 Å². The molecule has 166 valence electrons. The topological polar surface area (TPSA) is 53.5 Å². The van der Waals surface area contributed by atoms with Crippen molar-refractivity contribution in [1.82, 2.24) is 9.88 Å². The Morgan fingerprint density at radius 2 is 1.97 bits per heavy atom. The second-order valence-electron chi connectivity index (χ2n) is 7.71. The van der Waals surface area contributed by atoms with E-state index in [9.17, 15) is 9.59 Å². The Kier molecular flexibility index (Phi) is 7.13. The maximum absolute atomic E-state index is 13.3. The molecular weight excluding hydrogens is 465 g/mol. The third kappa shape index (κ3) is 4.98. The monoisotopic (exact) mass is 487 g/mol. The van der Waals surface area contributed by atoms with E-state index in [1.807, 2.05) is 47.5 Å². The highest BCUT2D eigenvalue weighted by Crippen LogP contribution is 2.34. The SMILES string of the molecule is CCCN(C(=O)c1ccc(CN2CCCC2=O)cc1)c1nc(-c2ccc(Cl)cc2Cl)cs1. The fraction of sp³-hybridized carbons (Fsp3) is 0.292. The van der Waals surface area contributed by atoms with Crippen molar-refractivity contribution < 1.29 is 9.59 Å². The van der Waals surface area contributed by atoms with E-state index in [1.165, 1.54) is 11.3 Å². The molecule has 1 aromatic heterocycles. The van der Waals surface area contributed by atoms with Crippen LogP contribution in [0.2, 0.25) is 10.0 Å². The Morgan fingerprint density at radius 3 is 2.62 bits per heavy atom. The molecule has 5 nitrogen and oxygen atoms in total. The Hall–Kier alpha value is -2.41. The van der Waals surface area contributed by atoms with Gasteiger partial charge in [0.05, 0.1) is 10.7 Å². The molecule has 0 N–H and O–H groups in total. The lowest BCUT2D eigenvalue weighted by Crippen LogP contribution is -2.31. The van der Waals surface area contributed by atoms with Gasteiger partial charge in [-0.2, -0.15) is 0 Å². The summed E-state index contributed by atoms with van der Waals surface area (Å²) in [6.45, 7) is 3.97. The smallest absolute Gasteiger partial charge is 0.260 e. The first kappa shape index (κ1) is 22.8. The molecule has 2 aromatic carbocycles. The van der Waals surface area contributed by atoms with Crippen LogP contribution < -0.4 is 4.90 Å². The second-order valence-corrected chi connectivity index (χ2v) is 9.39. The van der Waals surface area contributed by atoms with E-state index in [2.05, 4.69) is 4.98 Å². The predicted octanol–water partition coefficient (Wildman–Crippen LogP) is 6.30. The van der Waals surface area contributed by atoms with Gasteiger partial charge in [-0.1, -0.05) is 42.3 Å². The van der Waals surface area contributed by atoms with E-state index in [0.29, 0.717) is 45.9 Å². The molecule has 2 amide bonds. The molecule has 0 spiro atoms. The molecule has 0 radical (unpaired) electrons. The minimum absolute atomic E-state index is 0.0984. The first-order chi connectivity index (χ1) is 15.5. The Balaban J connectivity index is 1.53. The van der Waals surface area contributed by atoms with Gasteiger partial charge in [0, 0.05) is 47.6 Å². The summed E-state index contributed by atoms with van der Waals surface area (Å²) >= 11 is 13.7. The number of likely N-dealkylation sites (tertiary alicyclic amines) is 1. The number of carbonyl (C=O) groups excluding carboxylic acids is 2. The summed E-state index contributed by atoms with van der Waals surface area (Å²) in [4.78, 5) is 33.4. The van der Waals surface area contributed by atoms with Crippen LogP contribution in [0, 0.1) is 0 Å². The van der Waals surface area contributed by atoms with Gasteiger partial charge in [-0.3, -0.25) is 14.5 Å². The fourth-order valence-corrected chi connectivity index (χ4v) is 5.07. The summed E-state index contributed by atoms with van der Waals surface area (Å²) in [6, 6.07) is 12.8. The molecule has 0 aliphatic carbocycles. The van der Waals surface area contributed by atoms with Crippen molar-refractivity contribution in [2.45, 2.75) is 32.7 Å². The highest BCUT2D eigenvalue weighted by molar-refractivity contribution is 7.14. The molecule has 4 rings (SSSR count). The molecule has 0 bridgehead atoms. The maximum Gasteiger partial charge on any atom is 0.260 e. The lowest BCUT2D eigenvalue weighted by atomic mass is 10.1. The van der Waals surface area contributed by atoms with E-state index in [1.54, 1.807) is 17.0 Å². The summed E-state index contributed by atoms with van der Waals surface area (Å²) in [6.07, 6.45) is 2.34. The van der Waals surface area contributed by atoms with Crippen molar-refractivity contribution in [1.29, 1.82) is 0 Å². The molecule has 1 fully saturated rings. The molecule has 0 saturated carbocycles. The number of hydrogen-bond acceptors (Lipinski definition) is 4. The molecular formula is C24H23Cl2N3O2S. The highest BCUT2D eigenvalue weighted by Gasteiger charge is 2.22. The van der Waals surface area contributed by atoms with Crippen LogP contribution in [0.25, 0.3) is 11.3 Å².